The van der Waals surface area contributed by atoms with Gasteiger partial charge in [-0.25, -0.2) is 14.4 Å². The highest BCUT2D eigenvalue weighted by Crippen LogP contribution is 2.12. The Morgan fingerprint density at radius 1 is 1.12 bits per heavy atom. The van der Waals surface area contributed by atoms with Gasteiger partial charge in [0.25, 0.3) is 5.91 Å². The number of hydrogen-bond acceptors (Lipinski definition) is 4. The van der Waals surface area contributed by atoms with Crippen molar-refractivity contribution in [3.8, 4) is 0 Å². The molecule has 2 aromatic carbocycles. The molecule has 0 fully saturated rings. The van der Waals surface area contributed by atoms with Gasteiger partial charge in [-0.15, -0.1) is 0 Å². The molecular weight excluding hydrogens is 319 g/mol. The first kappa shape index (κ1) is 16.6. The normalized spacial score (nSPS) is 10.3. The zero-order valence-corrected chi connectivity index (χ0v) is 13.7. The average Bonchev–Trinajstić information content (AvgIpc) is 2.61. The SMILES string of the molecule is Cc1cccc(NC(=O)c2ccnc(NCc3ccc(F)cc3)n2)c1. The number of carbonyl (C=O) groups excluding carboxylic acids is 1. The second-order valence-electron chi connectivity index (χ2n) is 5.57. The summed E-state index contributed by atoms with van der Waals surface area (Å²) < 4.78 is 12.9. The number of aromatic nitrogens is 2. The Hall–Kier alpha value is -3.28. The van der Waals surface area contributed by atoms with Gasteiger partial charge in [-0.05, 0) is 48.4 Å². The number of rotatable bonds is 5. The molecule has 0 saturated heterocycles. The van der Waals surface area contributed by atoms with Crippen LogP contribution in [0.4, 0.5) is 16.0 Å². The van der Waals surface area contributed by atoms with Crippen LogP contribution in [0.3, 0.4) is 0 Å². The van der Waals surface area contributed by atoms with Gasteiger partial charge in [0.15, 0.2) is 0 Å². The number of carbonyl (C=O) groups is 1. The van der Waals surface area contributed by atoms with Gasteiger partial charge in [0.1, 0.15) is 11.5 Å². The highest BCUT2D eigenvalue weighted by Gasteiger charge is 2.09. The quantitative estimate of drug-likeness (QED) is 0.744. The van der Waals surface area contributed by atoms with Gasteiger partial charge in [0.05, 0.1) is 0 Å². The van der Waals surface area contributed by atoms with E-state index in [1.165, 1.54) is 18.3 Å². The molecule has 3 rings (SSSR count). The summed E-state index contributed by atoms with van der Waals surface area (Å²) in [7, 11) is 0. The summed E-state index contributed by atoms with van der Waals surface area (Å²) in [6.07, 6.45) is 1.52. The van der Waals surface area contributed by atoms with Crippen molar-refractivity contribution < 1.29 is 9.18 Å². The average molecular weight is 336 g/mol. The standard InChI is InChI=1S/C19H17FN4O/c1-13-3-2-4-16(11-13)23-18(25)17-9-10-21-19(24-17)22-12-14-5-7-15(20)8-6-14/h2-11H,12H2,1H3,(H,23,25)(H,21,22,24). The fourth-order valence-corrected chi connectivity index (χ4v) is 2.27. The Morgan fingerprint density at radius 2 is 1.92 bits per heavy atom. The van der Waals surface area contributed by atoms with Crippen molar-refractivity contribution in [2.24, 2.45) is 0 Å². The van der Waals surface area contributed by atoms with Crippen LogP contribution in [0.5, 0.6) is 0 Å². The van der Waals surface area contributed by atoms with Crippen molar-refractivity contribution in [3.05, 3.63) is 83.4 Å². The third-order valence-electron chi connectivity index (χ3n) is 3.53. The topological polar surface area (TPSA) is 66.9 Å². The van der Waals surface area contributed by atoms with Crippen LogP contribution >= 0.6 is 0 Å². The van der Waals surface area contributed by atoms with Gasteiger partial charge >= 0.3 is 0 Å². The Labute approximate surface area is 145 Å². The first-order valence-corrected chi connectivity index (χ1v) is 7.79. The van der Waals surface area contributed by atoms with Crippen molar-refractivity contribution in [3.63, 3.8) is 0 Å². The zero-order valence-electron chi connectivity index (χ0n) is 13.7. The van der Waals surface area contributed by atoms with E-state index >= 15 is 0 Å². The fourth-order valence-electron chi connectivity index (χ4n) is 2.27. The Kier molecular flexibility index (Phi) is 4.99. The summed E-state index contributed by atoms with van der Waals surface area (Å²) in [4.78, 5) is 20.6. The maximum atomic E-state index is 12.9. The second kappa shape index (κ2) is 7.53. The molecule has 6 heteroatoms. The monoisotopic (exact) mass is 336 g/mol. The van der Waals surface area contributed by atoms with E-state index in [0.717, 1.165) is 11.1 Å². The van der Waals surface area contributed by atoms with Crippen LogP contribution in [0, 0.1) is 12.7 Å². The molecule has 5 nitrogen and oxygen atoms in total. The van der Waals surface area contributed by atoms with Crippen molar-refractivity contribution in [1.82, 2.24) is 9.97 Å². The molecule has 0 bridgehead atoms. The van der Waals surface area contributed by atoms with Gasteiger partial charge in [-0.3, -0.25) is 4.79 Å². The van der Waals surface area contributed by atoms with Crippen molar-refractivity contribution in [2.75, 3.05) is 10.6 Å². The summed E-state index contributed by atoms with van der Waals surface area (Å²) in [5, 5.41) is 5.83. The minimum absolute atomic E-state index is 0.262. The van der Waals surface area contributed by atoms with Crippen molar-refractivity contribution in [2.45, 2.75) is 13.5 Å². The molecule has 0 aliphatic carbocycles. The lowest BCUT2D eigenvalue weighted by atomic mass is 10.2. The van der Waals surface area contributed by atoms with Crippen molar-refractivity contribution in [1.29, 1.82) is 0 Å². The Morgan fingerprint density at radius 3 is 2.68 bits per heavy atom. The van der Waals surface area contributed by atoms with E-state index in [-0.39, 0.29) is 17.4 Å². The maximum absolute atomic E-state index is 12.9. The lowest BCUT2D eigenvalue weighted by molar-refractivity contribution is 0.102. The third kappa shape index (κ3) is 4.60. The van der Waals surface area contributed by atoms with Crippen LogP contribution in [0.15, 0.2) is 60.8 Å². The van der Waals surface area contributed by atoms with Crippen molar-refractivity contribution >= 4 is 17.5 Å². The van der Waals surface area contributed by atoms with E-state index in [4.69, 9.17) is 0 Å². The molecule has 0 aliphatic heterocycles. The van der Waals surface area contributed by atoms with Crippen LogP contribution in [0.2, 0.25) is 0 Å². The molecule has 3 aromatic rings. The maximum Gasteiger partial charge on any atom is 0.274 e. The zero-order chi connectivity index (χ0) is 17.6. The minimum atomic E-state index is -0.308. The molecule has 2 N–H and O–H groups in total. The highest BCUT2D eigenvalue weighted by atomic mass is 19.1. The molecule has 0 radical (unpaired) electrons. The summed E-state index contributed by atoms with van der Waals surface area (Å²) in [5.74, 6) is -0.256. The molecule has 0 unspecified atom stereocenters. The highest BCUT2D eigenvalue weighted by molar-refractivity contribution is 6.03. The lowest BCUT2D eigenvalue weighted by Gasteiger charge is -2.08. The smallest absolute Gasteiger partial charge is 0.274 e. The number of nitrogens with one attached hydrogen (secondary N) is 2. The number of hydrogen-bond donors (Lipinski definition) is 2. The summed E-state index contributed by atoms with van der Waals surface area (Å²) in [6, 6.07) is 15.2. The molecule has 0 spiro atoms. The largest absolute Gasteiger partial charge is 0.350 e. The fraction of sp³-hybridized carbons (Fsp3) is 0.105. The summed E-state index contributed by atoms with van der Waals surface area (Å²) in [5.41, 5.74) is 2.92. The molecule has 25 heavy (non-hydrogen) atoms. The Balaban J connectivity index is 1.66. The Bertz CT molecular complexity index is 881. The molecule has 0 aliphatic rings. The third-order valence-corrected chi connectivity index (χ3v) is 3.53. The van der Waals surface area contributed by atoms with Gasteiger partial charge in [0, 0.05) is 18.4 Å². The predicted molar refractivity (Wildman–Crippen MR) is 94.9 cm³/mol. The predicted octanol–water partition coefficient (Wildman–Crippen LogP) is 3.79. The number of aryl methyl sites for hydroxylation is 1. The minimum Gasteiger partial charge on any atom is -0.350 e. The van der Waals surface area contributed by atoms with Gasteiger partial charge < -0.3 is 10.6 Å². The number of amides is 1. The molecule has 0 atom stereocenters. The van der Waals surface area contributed by atoms with E-state index in [1.54, 1.807) is 18.2 Å². The molecular formula is C19H17FN4O. The van der Waals surface area contributed by atoms with E-state index < -0.39 is 0 Å². The molecule has 126 valence electrons. The van der Waals surface area contributed by atoms with Gasteiger partial charge in [0.2, 0.25) is 5.95 Å². The first-order chi connectivity index (χ1) is 12.1. The summed E-state index contributed by atoms with van der Waals surface area (Å²) >= 11 is 0. The van der Waals surface area contributed by atoms with Gasteiger partial charge in [-0.1, -0.05) is 24.3 Å². The molecule has 0 saturated carbocycles. The second-order valence-corrected chi connectivity index (χ2v) is 5.57. The number of halogens is 1. The van der Waals surface area contributed by atoms with E-state index in [1.807, 2.05) is 31.2 Å². The van der Waals surface area contributed by atoms with Crippen LogP contribution < -0.4 is 10.6 Å². The lowest BCUT2D eigenvalue weighted by Crippen LogP contribution is -2.15. The molecule has 1 amide bonds. The van der Waals surface area contributed by atoms with E-state index in [9.17, 15) is 9.18 Å². The van der Waals surface area contributed by atoms with Gasteiger partial charge in [-0.2, -0.15) is 0 Å². The molecule has 1 aromatic heterocycles. The van der Waals surface area contributed by atoms with Crippen LogP contribution in [0.1, 0.15) is 21.6 Å². The molecule has 1 heterocycles. The first-order valence-electron chi connectivity index (χ1n) is 7.79. The summed E-state index contributed by atoms with van der Waals surface area (Å²) in [6.45, 7) is 2.39. The number of nitrogens with zero attached hydrogens (tertiary/aromatic N) is 2. The number of anilines is 2. The van der Waals surface area contributed by atoms with E-state index in [2.05, 4.69) is 20.6 Å². The van der Waals surface area contributed by atoms with E-state index in [0.29, 0.717) is 18.2 Å². The number of benzene rings is 2. The van der Waals surface area contributed by atoms with Crippen LogP contribution in [-0.2, 0) is 6.54 Å². The van der Waals surface area contributed by atoms with Crippen LogP contribution in [0.25, 0.3) is 0 Å². The van der Waals surface area contributed by atoms with Crippen LogP contribution in [-0.4, -0.2) is 15.9 Å².